The first-order valence-electron chi connectivity index (χ1n) is 7.38. The van der Waals surface area contributed by atoms with E-state index in [1.807, 2.05) is 26.0 Å². The number of aliphatic imine (C=N–C) groups is 1. The van der Waals surface area contributed by atoms with Crippen molar-refractivity contribution in [3.05, 3.63) is 42.0 Å². The van der Waals surface area contributed by atoms with E-state index in [4.69, 9.17) is 4.74 Å². The minimum absolute atomic E-state index is 0.0400. The molecular weight excluding hydrogens is 288 g/mol. The number of allylic oxidation sites excluding steroid dienone is 1. The van der Waals surface area contributed by atoms with Gasteiger partial charge in [-0.1, -0.05) is 12.2 Å². The Morgan fingerprint density at radius 1 is 1.32 bits per heavy atom. The monoisotopic (exact) mass is 311 g/mol. The Labute approximate surface area is 130 Å². The first kappa shape index (κ1) is 17.9. The smallest absolute Gasteiger partial charge is 0.191 e. The number of halogens is 2. The van der Waals surface area contributed by atoms with Crippen molar-refractivity contribution in [2.24, 2.45) is 4.99 Å². The lowest BCUT2D eigenvalue weighted by Gasteiger charge is -2.12. The molecule has 0 aliphatic carbocycles. The first-order valence-corrected chi connectivity index (χ1v) is 7.38. The summed E-state index contributed by atoms with van der Waals surface area (Å²) in [6.07, 6.45) is 4.92. The molecule has 0 spiro atoms. The van der Waals surface area contributed by atoms with Crippen LogP contribution in [-0.4, -0.2) is 32.2 Å². The second-order valence-corrected chi connectivity index (χ2v) is 4.47. The van der Waals surface area contributed by atoms with Gasteiger partial charge in [-0.2, -0.15) is 0 Å². The number of benzene rings is 1. The van der Waals surface area contributed by atoms with Crippen LogP contribution in [0.25, 0.3) is 0 Å². The molecular formula is C16H23F2N3O. The Balaban J connectivity index is 2.35. The van der Waals surface area contributed by atoms with E-state index < -0.39 is 11.6 Å². The van der Waals surface area contributed by atoms with Crippen LogP contribution in [0.4, 0.5) is 8.78 Å². The van der Waals surface area contributed by atoms with Crippen molar-refractivity contribution in [3.63, 3.8) is 0 Å². The first-order chi connectivity index (χ1) is 10.7. The zero-order chi connectivity index (χ0) is 16.2. The second kappa shape index (κ2) is 10.6. The van der Waals surface area contributed by atoms with Crippen LogP contribution >= 0.6 is 0 Å². The van der Waals surface area contributed by atoms with Gasteiger partial charge in [-0.15, -0.1) is 0 Å². The number of rotatable bonds is 8. The normalized spacial score (nSPS) is 11.7. The molecule has 122 valence electrons. The van der Waals surface area contributed by atoms with E-state index in [0.29, 0.717) is 19.0 Å². The highest BCUT2D eigenvalue weighted by Gasteiger charge is 2.04. The van der Waals surface area contributed by atoms with E-state index in [9.17, 15) is 8.78 Å². The summed E-state index contributed by atoms with van der Waals surface area (Å²) in [5.41, 5.74) is 0. The zero-order valence-corrected chi connectivity index (χ0v) is 13.0. The van der Waals surface area contributed by atoms with Gasteiger partial charge in [0.1, 0.15) is 12.4 Å². The number of nitrogens with one attached hydrogen (secondary N) is 2. The van der Waals surface area contributed by atoms with Crippen molar-refractivity contribution in [2.75, 3.05) is 26.2 Å². The third-order valence-electron chi connectivity index (χ3n) is 2.69. The fourth-order valence-corrected chi connectivity index (χ4v) is 1.68. The minimum atomic E-state index is -0.702. The molecule has 0 radical (unpaired) electrons. The molecule has 0 amide bonds. The van der Waals surface area contributed by atoms with E-state index in [-0.39, 0.29) is 12.4 Å². The molecule has 0 aliphatic rings. The fraction of sp³-hybridized carbons (Fsp3) is 0.438. The highest BCUT2D eigenvalue weighted by Crippen LogP contribution is 2.17. The molecule has 0 saturated carbocycles. The third-order valence-corrected chi connectivity index (χ3v) is 2.69. The molecule has 0 saturated heterocycles. The van der Waals surface area contributed by atoms with Crippen LogP contribution in [0.5, 0.6) is 5.75 Å². The second-order valence-electron chi connectivity index (χ2n) is 4.47. The van der Waals surface area contributed by atoms with Gasteiger partial charge in [0.2, 0.25) is 0 Å². The molecule has 0 fully saturated rings. The standard InChI is InChI=1S/C16H23F2N3O/c1-3-5-6-9-20-16(19-4-2)21-10-11-22-15-8-7-13(17)12-14(15)18/h3,5,7-8,12H,4,6,9-11H2,1-2H3,(H2,19,20,21)/b5-3+. The van der Waals surface area contributed by atoms with Crippen molar-refractivity contribution in [1.29, 1.82) is 0 Å². The maximum Gasteiger partial charge on any atom is 0.191 e. The molecule has 1 aromatic carbocycles. The maximum atomic E-state index is 13.4. The van der Waals surface area contributed by atoms with Crippen LogP contribution in [0.1, 0.15) is 20.3 Å². The molecule has 0 bridgehead atoms. The van der Waals surface area contributed by atoms with E-state index in [1.165, 1.54) is 12.1 Å². The highest BCUT2D eigenvalue weighted by molar-refractivity contribution is 5.79. The summed E-state index contributed by atoms with van der Waals surface area (Å²) in [5, 5.41) is 6.20. The Morgan fingerprint density at radius 3 is 2.82 bits per heavy atom. The minimum Gasteiger partial charge on any atom is -0.489 e. The van der Waals surface area contributed by atoms with Crippen LogP contribution in [0.2, 0.25) is 0 Å². The molecule has 6 heteroatoms. The van der Waals surface area contributed by atoms with Crippen molar-refractivity contribution >= 4 is 5.96 Å². The lowest BCUT2D eigenvalue weighted by Crippen LogP contribution is -2.39. The van der Waals surface area contributed by atoms with Gasteiger partial charge in [0.15, 0.2) is 17.5 Å². The van der Waals surface area contributed by atoms with Gasteiger partial charge in [0.05, 0.1) is 6.54 Å². The van der Waals surface area contributed by atoms with Crippen molar-refractivity contribution in [2.45, 2.75) is 20.3 Å². The third kappa shape index (κ3) is 7.06. The van der Waals surface area contributed by atoms with Gasteiger partial charge in [0.25, 0.3) is 0 Å². The molecule has 4 nitrogen and oxygen atoms in total. The molecule has 0 aromatic heterocycles. The number of hydrogen-bond donors (Lipinski definition) is 2. The lowest BCUT2D eigenvalue weighted by molar-refractivity contribution is 0.304. The molecule has 0 heterocycles. The summed E-state index contributed by atoms with van der Waals surface area (Å²) < 4.78 is 31.4. The summed E-state index contributed by atoms with van der Waals surface area (Å²) in [4.78, 5) is 4.39. The van der Waals surface area contributed by atoms with Crippen molar-refractivity contribution < 1.29 is 13.5 Å². The van der Waals surface area contributed by atoms with Crippen LogP contribution in [0.15, 0.2) is 35.3 Å². The number of ether oxygens (including phenoxy) is 1. The van der Waals surface area contributed by atoms with Crippen LogP contribution in [0, 0.1) is 11.6 Å². The zero-order valence-electron chi connectivity index (χ0n) is 13.0. The summed E-state index contributed by atoms with van der Waals surface area (Å²) in [7, 11) is 0. The van der Waals surface area contributed by atoms with Crippen LogP contribution in [0.3, 0.4) is 0 Å². The predicted molar refractivity (Wildman–Crippen MR) is 85.3 cm³/mol. The summed E-state index contributed by atoms with van der Waals surface area (Å²) in [6, 6.07) is 3.25. The molecule has 0 aliphatic heterocycles. The van der Waals surface area contributed by atoms with Gasteiger partial charge in [-0.05, 0) is 32.4 Å². The van der Waals surface area contributed by atoms with E-state index in [2.05, 4.69) is 15.6 Å². The van der Waals surface area contributed by atoms with E-state index in [0.717, 1.165) is 19.0 Å². The van der Waals surface area contributed by atoms with Crippen molar-refractivity contribution in [1.82, 2.24) is 10.6 Å². The van der Waals surface area contributed by atoms with E-state index in [1.54, 1.807) is 0 Å². The molecule has 1 rings (SSSR count). The average Bonchev–Trinajstić information content (AvgIpc) is 2.49. The largest absolute Gasteiger partial charge is 0.489 e. The number of guanidine groups is 1. The van der Waals surface area contributed by atoms with Crippen LogP contribution in [-0.2, 0) is 0 Å². The summed E-state index contributed by atoms with van der Waals surface area (Å²) in [6.45, 7) is 6.11. The van der Waals surface area contributed by atoms with Gasteiger partial charge in [0, 0.05) is 19.2 Å². The topological polar surface area (TPSA) is 45.7 Å². The average molecular weight is 311 g/mol. The molecule has 2 N–H and O–H groups in total. The highest BCUT2D eigenvalue weighted by atomic mass is 19.1. The van der Waals surface area contributed by atoms with Gasteiger partial charge in [-0.3, -0.25) is 4.99 Å². The Morgan fingerprint density at radius 2 is 2.14 bits per heavy atom. The number of hydrogen-bond acceptors (Lipinski definition) is 2. The Bertz CT molecular complexity index is 504. The van der Waals surface area contributed by atoms with Crippen molar-refractivity contribution in [3.8, 4) is 5.75 Å². The van der Waals surface area contributed by atoms with Gasteiger partial charge in [-0.25, -0.2) is 8.78 Å². The quantitative estimate of drug-likeness (QED) is 0.336. The van der Waals surface area contributed by atoms with Crippen LogP contribution < -0.4 is 15.4 Å². The Kier molecular flexibility index (Phi) is 8.64. The molecule has 1 aromatic rings. The maximum absolute atomic E-state index is 13.4. The predicted octanol–water partition coefficient (Wildman–Crippen LogP) is 2.86. The van der Waals surface area contributed by atoms with Gasteiger partial charge >= 0.3 is 0 Å². The molecule has 0 atom stereocenters. The molecule has 22 heavy (non-hydrogen) atoms. The van der Waals surface area contributed by atoms with E-state index >= 15 is 0 Å². The molecule has 0 unspecified atom stereocenters. The Hall–Kier alpha value is -2.11. The van der Waals surface area contributed by atoms with Gasteiger partial charge < -0.3 is 15.4 Å². The lowest BCUT2D eigenvalue weighted by atomic mass is 10.3. The summed E-state index contributed by atoms with van der Waals surface area (Å²) in [5.74, 6) is -0.592. The SMILES string of the molecule is C/C=C/CCN=C(NCC)NCCOc1ccc(F)cc1F. The summed E-state index contributed by atoms with van der Waals surface area (Å²) >= 11 is 0. The number of nitrogens with zero attached hydrogens (tertiary/aromatic N) is 1. The fourth-order valence-electron chi connectivity index (χ4n) is 1.68.